The smallest absolute Gasteiger partial charge is 0.434 e. The van der Waals surface area contributed by atoms with E-state index < -0.39 is 47.4 Å². The number of hydrogen-bond donors (Lipinski definition) is 3. The molecule has 0 unspecified atom stereocenters. The van der Waals surface area contributed by atoms with Crippen molar-refractivity contribution in [1.82, 2.24) is 25.3 Å². The molecule has 0 saturated carbocycles. The van der Waals surface area contributed by atoms with Crippen molar-refractivity contribution in [3.8, 4) is 11.4 Å². The highest BCUT2D eigenvalue weighted by Crippen LogP contribution is 2.34. The van der Waals surface area contributed by atoms with Gasteiger partial charge in [-0.25, -0.2) is 4.68 Å². The van der Waals surface area contributed by atoms with E-state index in [9.17, 15) is 32.7 Å². The zero-order chi connectivity index (χ0) is 26.3. The second kappa shape index (κ2) is 9.26. The molecule has 3 atom stereocenters. The van der Waals surface area contributed by atoms with Gasteiger partial charge >= 0.3 is 6.18 Å². The molecule has 2 saturated heterocycles. The maximum atomic E-state index is 13.9. The minimum absolute atomic E-state index is 0.0110. The van der Waals surface area contributed by atoms with Crippen molar-refractivity contribution in [3.63, 3.8) is 0 Å². The predicted octanol–water partition coefficient (Wildman–Crippen LogP) is 2.04. The molecule has 2 fully saturated rings. The van der Waals surface area contributed by atoms with E-state index in [1.165, 1.54) is 29.2 Å². The van der Waals surface area contributed by atoms with Crippen LogP contribution < -0.4 is 10.6 Å². The van der Waals surface area contributed by atoms with Crippen LogP contribution in [0.2, 0.25) is 0 Å². The Bertz CT molecular complexity index is 1340. The van der Waals surface area contributed by atoms with Gasteiger partial charge in [0.1, 0.15) is 17.8 Å². The fourth-order valence-electron chi connectivity index (χ4n) is 4.78. The number of amides is 3. The number of aromatic nitrogens is 2. The lowest BCUT2D eigenvalue weighted by Gasteiger charge is -2.34. The predicted molar refractivity (Wildman–Crippen MR) is 124 cm³/mol. The number of phenolic OH excluding ortho intramolecular Hbond substituents is 1. The maximum absolute atomic E-state index is 13.9. The van der Waals surface area contributed by atoms with E-state index in [1.54, 1.807) is 30.3 Å². The number of para-hydroxylation sites is 1. The number of hydrogen-bond acceptors (Lipinski definition) is 5. The first-order valence-electron chi connectivity index (χ1n) is 11.5. The van der Waals surface area contributed by atoms with Crippen LogP contribution in [-0.4, -0.2) is 62.2 Å². The molecule has 37 heavy (non-hydrogen) atoms. The SMILES string of the molecule is O=C(N[C@H]1C[C@H]2C(=O)N[C@H](Cc3ccc(O)cc3)C(=O)N2C1)c1cnn(-c2ccccc2)c1C(F)(F)F. The van der Waals surface area contributed by atoms with E-state index in [2.05, 4.69) is 15.7 Å². The Morgan fingerprint density at radius 3 is 2.49 bits per heavy atom. The molecular formula is C25H22F3N5O4. The van der Waals surface area contributed by atoms with Crippen LogP contribution >= 0.6 is 0 Å². The highest BCUT2D eigenvalue weighted by atomic mass is 19.4. The van der Waals surface area contributed by atoms with Gasteiger partial charge in [-0.2, -0.15) is 18.3 Å². The second-order valence-corrected chi connectivity index (χ2v) is 9.00. The number of halogens is 3. The van der Waals surface area contributed by atoms with E-state index in [4.69, 9.17) is 0 Å². The lowest BCUT2D eigenvalue weighted by molar-refractivity contribution is -0.147. The van der Waals surface area contributed by atoms with Crippen molar-refractivity contribution in [2.45, 2.75) is 37.1 Å². The van der Waals surface area contributed by atoms with Crippen LogP contribution in [0.5, 0.6) is 5.75 Å². The number of nitrogens with one attached hydrogen (secondary N) is 2. The van der Waals surface area contributed by atoms with Crippen LogP contribution in [0.15, 0.2) is 60.8 Å². The number of rotatable bonds is 5. The molecule has 9 nitrogen and oxygen atoms in total. The molecule has 0 aliphatic carbocycles. The molecular weight excluding hydrogens is 491 g/mol. The van der Waals surface area contributed by atoms with Gasteiger partial charge in [-0.15, -0.1) is 0 Å². The van der Waals surface area contributed by atoms with Crippen molar-refractivity contribution in [2.75, 3.05) is 6.54 Å². The van der Waals surface area contributed by atoms with E-state index in [1.807, 2.05) is 0 Å². The Labute approximate surface area is 208 Å². The first-order chi connectivity index (χ1) is 17.6. The van der Waals surface area contributed by atoms with Gasteiger partial charge in [-0.3, -0.25) is 14.4 Å². The molecule has 2 aliphatic heterocycles. The van der Waals surface area contributed by atoms with Crippen LogP contribution in [0.25, 0.3) is 5.69 Å². The first-order valence-corrected chi connectivity index (χ1v) is 11.5. The molecule has 192 valence electrons. The summed E-state index contributed by atoms with van der Waals surface area (Å²) in [5, 5.41) is 18.5. The highest BCUT2D eigenvalue weighted by molar-refractivity contribution is 5.99. The van der Waals surface area contributed by atoms with Gasteiger partial charge in [-0.1, -0.05) is 30.3 Å². The summed E-state index contributed by atoms with van der Waals surface area (Å²) in [6.07, 6.45) is -3.72. The van der Waals surface area contributed by atoms with Gasteiger partial charge in [0.2, 0.25) is 11.8 Å². The monoisotopic (exact) mass is 513 g/mol. The number of alkyl halides is 3. The lowest BCUT2D eigenvalue weighted by atomic mass is 10.0. The summed E-state index contributed by atoms with van der Waals surface area (Å²) in [4.78, 5) is 40.0. The zero-order valence-electron chi connectivity index (χ0n) is 19.3. The summed E-state index contributed by atoms with van der Waals surface area (Å²) in [6, 6.07) is 11.5. The average molecular weight is 513 g/mol. The van der Waals surface area contributed by atoms with Gasteiger partial charge in [-0.05, 0) is 36.2 Å². The highest BCUT2D eigenvalue weighted by Gasteiger charge is 2.47. The maximum Gasteiger partial charge on any atom is 0.434 e. The van der Waals surface area contributed by atoms with E-state index >= 15 is 0 Å². The number of aromatic hydroxyl groups is 1. The van der Waals surface area contributed by atoms with Crippen molar-refractivity contribution in [1.29, 1.82) is 0 Å². The topological polar surface area (TPSA) is 117 Å². The Kier molecular flexibility index (Phi) is 6.10. The summed E-state index contributed by atoms with van der Waals surface area (Å²) < 4.78 is 42.5. The largest absolute Gasteiger partial charge is 0.508 e. The van der Waals surface area contributed by atoms with Gasteiger partial charge < -0.3 is 20.6 Å². The van der Waals surface area contributed by atoms with Gasteiger partial charge in [0.15, 0.2) is 5.69 Å². The van der Waals surface area contributed by atoms with Crippen molar-refractivity contribution >= 4 is 17.7 Å². The quantitative estimate of drug-likeness (QED) is 0.483. The third-order valence-electron chi connectivity index (χ3n) is 6.50. The first kappa shape index (κ1) is 24.3. The molecule has 2 aromatic carbocycles. The standard InChI is InChI=1S/C25H22F3N5O4/c26-25(27,28)21-18(12-29-33(21)16-4-2-1-3-5-16)22(35)30-15-11-20-23(36)31-19(24(37)32(20)13-15)10-14-6-8-17(34)9-7-14/h1-9,12,15,19-20,34H,10-11,13H2,(H,30,35)(H,31,36)/t15-,19+,20-/m0/s1. The number of fused-ring (bicyclic) bond motifs is 1. The number of piperazine rings is 1. The molecule has 1 aromatic heterocycles. The van der Waals surface area contributed by atoms with Crippen molar-refractivity contribution in [2.24, 2.45) is 0 Å². The normalized spacial score (nSPS) is 21.5. The van der Waals surface area contributed by atoms with E-state index in [-0.39, 0.29) is 36.7 Å². The number of benzene rings is 2. The summed E-state index contributed by atoms with van der Waals surface area (Å²) in [6.45, 7) is -0.0110. The fourth-order valence-corrected chi connectivity index (χ4v) is 4.78. The van der Waals surface area contributed by atoms with Gasteiger partial charge in [0.25, 0.3) is 5.91 Å². The molecule has 12 heteroatoms. The summed E-state index contributed by atoms with van der Waals surface area (Å²) in [5.41, 5.74) is -0.986. The zero-order valence-corrected chi connectivity index (χ0v) is 19.3. The fraction of sp³-hybridized carbons (Fsp3) is 0.280. The Morgan fingerprint density at radius 1 is 1.11 bits per heavy atom. The van der Waals surface area contributed by atoms with Crippen LogP contribution in [-0.2, 0) is 22.2 Å². The minimum atomic E-state index is -4.86. The molecule has 3 N–H and O–H groups in total. The van der Waals surface area contributed by atoms with Crippen LogP contribution in [0.1, 0.15) is 28.0 Å². The van der Waals surface area contributed by atoms with Gasteiger partial charge in [0, 0.05) is 19.0 Å². The summed E-state index contributed by atoms with van der Waals surface area (Å²) >= 11 is 0. The number of phenols is 1. The van der Waals surface area contributed by atoms with Crippen LogP contribution in [0, 0.1) is 0 Å². The lowest BCUT2D eigenvalue weighted by Crippen LogP contribution is -2.61. The third kappa shape index (κ3) is 4.74. The minimum Gasteiger partial charge on any atom is -0.508 e. The second-order valence-electron chi connectivity index (χ2n) is 9.00. The van der Waals surface area contributed by atoms with E-state index in [0.717, 1.165) is 11.8 Å². The number of carbonyl (C=O) groups is 3. The van der Waals surface area contributed by atoms with Crippen molar-refractivity contribution < 1.29 is 32.7 Å². The molecule has 3 aromatic rings. The average Bonchev–Trinajstić information content (AvgIpc) is 3.50. The molecule has 0 spiro atoms. The molecule has 0 radical (unpaired) electrons. The Morgan fingerprint density at radius 2 is 1.81 bits per heavy atom. The number of carbonyl (C=O) groups excluding carboxylic acids is 3. The Balaban J connectivity index is 1.31. The third-order valence-corrected chi connectivity index (χ3v) is 6.50. The molecule has 3 amide bonds. The van der Waals surface area contributed by atoms with E-state index in [0.29, 0.717) is 4.68 Å². The molecule has 2 aliphatic rings. The summed E-state index contributed by atoms with van der Waals surface area (Å²) in [7, 11) is 0. The van der Waals surface area contributed by atoms with Crippen LogP contribution in [0.3, 0.4) is 0 Å². The molecule has 0 bridgehead atoms. The van der Waals surface area contributed by atoms with Crippen molar-refractivity contribution in [3.05, 3.63) is 77.6 Å². The summed E-state index contributed by atoms with van der Waals surface area (Å²) in [5.74, 6) is -1.66. The van der Waals surface area contributed by atoms with Crippen LogP contribution in [0.4, 0.5) is 13.2 Å². The molecule has 5 rings (SSSR count). The Hall–Kier alpha value is -4.35. The number of nitrogens with zero attached hydrogens (tertiary/aromatic N) is 3. The molecule has 3 heterocycles. The van der Waals surface area contributed by atoms with Gasteiger partial charge in [0.05, 0.1) is 17.4 Å².